The van der Waals surface area contributed by atoms with Crippen LogP contribution in [0.25, 0.3) is 0 Å². The second-order valence-electron chi connectivity index (χ2n) is 19.3. The highest BCUT2D eigenvalue weighted by Crippen LogP contribution is 2.58. The van der Waals surface area contributed by atoms with Gasteiger partial charge in [0.25, 0.3) is 0 Å². The zero-order valence-corrected chi connectivity index (χ0v) is 37.9. The lowest BCUT2D eigenvalue weighted by Gasteiger charge is -2.54. The molecule has 4 aliphatic heterocycles. The van der Waals surface area contributed by atoms with Crippen molar-refractivity contribution < 1.29 is 87.2 Å². The average molecular weight is 911 g/mol. The largest absolute Gasteiger partial charge is 0.469 e. The first-order valence-electron chi connectivity index (χ1n) is 23.1. The number of carbonyl (C=O) groups is 1. The van der Waals surface area contributed by atoms with Crippen LogP contribution in [0, 0.1) is 24.2 Å². The molecule has 362 valence electrons. The second-order valence-corrected chi connectivity index (χ2v) is 19.3. The van der Waals surface area contributed by atoms with Gasteiger partial charge in [-0.25, -0.2) is 0 Å². The fourth-order valence-electron chi connectivity index (χ4n) is 11.9. The third kappa shape index (κ3) is 9.43. The van der Waals surface area contributed by atoms with Crippen LogP contribution < -0.4 is 0 Å². The number of hydrogen-bond acceptors (Lipinski definition) is 18. The summed E-state index contributed by atoms with van der Waals surface area (Å²) in [4.78, 5) is 13.8. The van der Waals surface area contributed by atoms with Crippen LogP contribution in [0.3, 0.4) is 0 Å². The number of aliphatic hydroxyl groups is 6. The quantitative estimate of drug-likeness (QED) is 0.164. The average Bonchev–Trinajstić information content (AvgIpc) is 3.69. The molecule has 0 amide bonds. The lowest BCUT2D eigenvalue weighted by Crippen LogP contribution is -2.62. The van der Waals surface area contributed by atoms with E-state index in [-0.39, 0.29) is 48.2 Å². The molecule has 6 fully saturated rings. The van der Waals surface area contributed by atoms with Crippen molar-refractivity contribution in [2.75, 3.05) is 20.8 Å². The van der Waals surface area contributed by atoms with Crippen LogP contribution in [0.1, 0.15) is 96.3 Å². The second kappa shape index (κ2) is 19.9. The molecule has 6 N–H and O–H groups in total. The first-order valence-corrected chi connectivity index (χ1v) is 23.1. The van der Waals surface area contributed by atoms with Gasteiger partial charge < -0.3 is 82.4 Å². The van der Waals surface area contributed by atoms with Gasteiger partial charge in [-0.3, -0.25) is 4.79 Å². The molecule has 18 heteroatoms. The summed E-state index contributed by atoms with van der Waals surface area (Å²) >= 11 is 0. The van der Waals surface area contributed by atoms with E-state index in [4.69, 9.17) is 51.8 Å². The van der Waals surface area contributed by atoms with E-state index in [2.05, 4.69) is 13.0 Å². The van der Waals surface area contributed by atoms with Crippen LogP contribution >= 0.6 is 0 Å². The highest BCUT2D eigenvalue weighted by molar-refractivity contribution is 5.89. The Bertz CT molecular complexity index is 1740. The van der Waals surface area contributed by atoms with Gasteiger partial charge in [0.1, 0.15) is 54.3 Å². The Morgan fingerprint density at radius 2 is 1.34 bits per heavy atom. The van der Waals surface area contributed by atoms with Gasteiger partial charge in [-0.1, -0.05) is 18.6 Å². The van der Waals surface area contributed by atoms with E-state index in [0.29, 0.717) is 19.3 Å². The van der Waals surface area contributed by atoms with Crippen LogP contribution in [0.5, 0.6) is 0 Å². The number of furan rings is 1. The molecule has 3 aliphatic carbocycles. The number of allylic oxidation sites excluding steroid dienone is 1. The molecule has 8 rings (SSSR count). The van der Waals surface area contributed by atoms with Crippen molar-refractivity contribution in [1.82, 2.24) is 0 Å². The minimum absolute atomic E-state index is 0.0972. The van der Waals surface area contributed by atoms with Crippen LogP contribution in [0.4, 0.5) is 0 Å². The van der Waals surface area contributed by atoms with Gasteiger partial charge in [-0.15, -0.1) is 0 Å². The lowest BCUT2D eigenvalue weighted by molar-refractivity contribution is -0.357. The normalized spacial score (nSPS) is 48.9. The van der Waals surface area contributed by atoms with Crippen LogP contribution in [-0.2, 0) is 52.2 Å². The molecular weight excluding hydrogens is 840 g/mol. The molecule has 0 bridgehead atoms. The number of carbonyl (C=O) groups excluding carboxylic acids is 1. The summed E-state index contributed by atoms with van der Waals surface area (Å²) in [6.45, 7) is 8.92. The monoisotopic (exact) mass is 910 g/mol. The number of fused-ring (bicyclic) bond motifs is 3. The number of ketones is 1. The standard InChI is InChI=1S/C46H70O18/c1-20-25(12-13-56-20)26-10-11-28-27(38(26)50)9-8-24-14-31(30(49)18-46(24,28)5)60-35-15-29(48)42(21(2)57-35)62-36-16-32(54-6)43(22(3)58-36)63-37-17-33(55-7)44(23(4)59-37)64-45-41(53)40(52)39(51)34(19-47)61-45/h8,12-13,21-23,26-37,39-45,47-49,51-53H,9-11,14-19H2,1-7H3/t21-,22+,23+,26-,27-,28+,29+,30-,31-,32-,33+,34-,35+,36+,37+,39-,40+,41-,42-,43+,44-,45+,46+/m1/s1. The number of aryl methyl sites for hydroxylation is 1. The van der Waals surface area contributed by atoms with E-state index < -0.39 is 123 Å². The third-order valence-corrected chi connectivity index (χ3v) is 15.5. The molecule has 23 atom stereocenters. The first kappa shape index (κ1) is 48.5. The topological polar surface area (TPSA) is 244 Å². The summed E-state index contributed by atoms with van der Waals surface area (Å²) in [6.07, 6.45) is -8.83. The Morgan fingerprint density at radius 3 is 1.94 bits per heavy atom. The SMILES string of the molecule is CO[C@H]1C[C@H](O[C@H]2[C@H](C)O[C@@H](O[C@H]3[C@@H](O)C[C@H](O[C@@H]4CC5=CC[C@H]6C(=O)[C@@H](c7ccoc7C)CC[C@@H]6[C@@]5(C)C[C@H]4O)O[C@@H]3C)C[C@H]2OC)O[C@@H](C)[C@H]1O[C@@H]1O[C@H](CO)[C@@H](O)[C@H](O)[C@H]1O. The molecule has 0 spiro atoms. The van der Waals surface area contributed by atoms with Gasteiger partial charge in [0.15, 0.2) is 25.2 Å². The van der Waals surface area contributed by atoms with Gasteiger partial charge in [0, 0.05) is 50.9 Å². The molecule has 0 unspecified atom stereocenters. The maximum atomic E-state index is 13.8. The number of rotatable bonds is 12. The Labute approximate surface area is 374 Å². The van der Waals surface area contributed by atoms with E-state index >= 15 is 0 Å². The molecular formula is C46H70O18. The zero-order valence-electron chi connectivity index (χ0n) is 37.9. The van der Waals surface area contributed by atoms with Gasteiger partial charge in [-0.05, 0) is 77.2 Å². The molecule has 1 aromatic heterocycles. The lowest BCUT2D eigenvalue weighted by atomic mass is 9.51. The molecule has 7 aliphatic rings. The molecule has 0 aromatic carbocycles. The minimum atomic E-state index is -1.59. The molecule has 0 radical (unpaired) electrons. The fraction of sp³-hybridized carbons (Fsp3) is 0.848. The molecule has 64 heavy (non-hydrogen) atoms. The summed E-state index contributed by atoms with van der Waals surface area (Å²) in [5, 5.41) is 63.6. The van der Waals surface area contributed by atoms with Crippen LogP contribution in [0.15, 0.2) is 28.4 Å². The Kier molecular flexibility index (Phi) is 15.1. The van der Waals surface area contributed by atoms with E-state index in [1.165, 1.54) is 12.7 Å². The Balaban J connectivity index is 0.822. The summed E-state index contributed by atoms with van der Waals surface area (Å²) < 4.78 is 66.9. The number of Topliss-reactive ketones (excluding diaryl/α,β-unsaturated/α-hetero) is 1. The van der Waals surface area contributed by atoms with Gasteiger partial charge in [-0.2, -0.15) is 0 Å². The van der Waals surface area contributed by atoms with Crippen molar-refractivity contribution in [2.24, 2.45) is 17.3 Å². The summed E-state index contributed by atoms with van der Waals surface area (Å²) in [5.74, 6) is 0.963. The third-order valence-electron chi connectivity index (χ3n) is 15.5. The molecule has 2 saturated carbocycles. The van der Waals surface area contributed by atoms with Gasteiger partial charge in [0.05, 0.1) is 61.7 Å². The number of hydrogen-bond donors (Lipinski definition) is 6. The predicted molar refractivity (Wildman–Crippen MR) is 221 cm³/mol. The van der Waals surface area contributed by atoms with Crippen molar-refractivity contribution in [1.29, 1.82) is 0 Å². The van der Waals surface area contributed by atoms with E-state index in [1.807, 2.05) is 26.8 Å². The van der Waals surface area contributed by atoms with Gasteiger partial charge in [0.2, 0.25) is 0 Å². The number of aliphatic hydroxyl groups excluding tert-OH is 6. The molecule has 5 heterocycles. The van der Waals surface area contributed by atoms with E-state index in [1.54, 1.807) is 20.3 Å². The fourth-order valence-corrected chi connectivity index (χ4v) is 11.9. The predicted octanol–water partition coefficient (Wildman–Crippen LogP) is 1.89. The van der Waals surface area contributed by atoms with Crippen molar-refractivity contribution in [3.8, 4) is 0 Å². The Morgan fingerprint density at radius 1 is 0.734 bits per heavy atom. The minimum Gasteiger partial charge on any atom is -0.469 e. The summed E-state index contributed by atoms with van der Waals surface area (Å²) in [5.41, 5.74) is 1.88. The van der Waals surface area contributed by atoms with Crippen LogP contribution in [-0.4, -0.2) is 174 Å². The summed E-state index contributed by atoms with van der Waals surface area (Å²) in [7, 11) is 3.08. The smallest absolute Gasteiger partial charge is 0.187 e. The Hall–Kier alpha value is -1.95. The highest BCUT2D eigenvalue weighted by atomic mass is 16.8. The highest BCUT2D eigenvalue weighted by Gasteiger charge is 2.55. The maximum absolute atomic E-state index is 13.8. The van der Waals surface area contributed by atoms with Crippen molar-refractivity contribution in [3.63, 3.8) is 0 Å². The van der Waals surface area contributed by atoms with Gasteiger partial charge >= 0.3 is 0 Å². The van der Waals surface area contributed by atoms with Crippen molar-refractivity contribution >= 4 is 5.78 Å². The summed E-state index contributed by atoms with van der Waals surface area (Å²) in [6, 6.07) is 1.92. The zero-order chi connectivity index (χ0) is 45.8. The number of ether oxygens (including phenoxy) is 10. The molecule has 4 saturated heterocycles. The van der Waals surface area contributed by atoms with Crippen molar-refractivity contribution in [3.05, 3.63) is 35.3 Å². The van der Waals surface area contributed by atoms with Crippen LogP contribution in [0.2, 0.25) is 0 Å². The maximum Gasteiger partial charge on any atom is 0.187 e. The first-order chi connectivity index (χ1) is 30.5. The van der Waals surface area contributed by atoms with E-state index in [9.17, 15) is 35.4 Å². The molecule has 1 aromatic rings. The van der Waals surface area contributed by atoms with E-state index in [0.717, 1.165) is 24.2 Å². The van der Waals surface area contributed by atoms with Crippen molar-refractivity contribution in [2.45, 2.75) is 209 Å². The molecule has 18 nitrogen and oxygen atoms in total. The number of methoxy groups -OCH3 is 2.